The van der Waals surface area contributed by atoms with Gasteiger partial charge in [-0.2, -0.15) is 0 Å². The number of amides is 2. The molecule has 0 aliphatic rings. The molecule has 2 rings (SSSR count). The molecule has 5 heteroatoms. The molecule has 2 aromatic rings. The molecule has 126 valence electrons. The Morgan fingerprint density at radius 1 is 1.00 bits per heavy atom. The number of carbonyl (C=O) groups excluding carboxylic acids is 2. The van der Waals surface area contributed by atoms with Crippen molar-refractivity contribution in [3.8, 4) is 0 Å². The second-order valence-electron chi connectivity index (χ2n) is 5.72. The predicted octanol–water partition coefficient (Wildman–Crippen LogP) is 3.50. The topological polar surface area (TPSA) is 58.2 Å². The normalized spacial score (nSPS) is 10.3. The van der Waals surface area contributed by atoms with E-state index in [0.717, 1.165) is 10.0 Å². The van der Waals surface area contributed by atoms with E-state index in [1.807, 2.05) is 38.1 Å². The van der Waals surface area contributed by atoms with Crippen molar-refractivity contribution in [1.82, 2.24) is 10.6 Å². The van der Waals surface area contributed by atoms with Crippen LogP contribution in [0.1, 0.15) is 33.5 Å². The molecule has 0 fully saturated rings. The largest absolute Gasteiger partial charge is 0.352 e. The highest BCUT2D eigenvalue weighted by Gasteiger charge is 2.07. The maximum atomic E-state index is 11.9. The molecule has 0 saturated carbocycles. The van der Waals surface area contributed by atoms with Crippen molar-refractivity contribution in [2.45, 2.75) is 26.8 Å². The first-order valence-corrected chi connectivity index (χ1v) is 8.61. The van der Waals surface area contributed by atoms with Crippen LogP contribution in [0.2, 0.25) is 0 Å². The molecule has 2 N–H and O–H groups in total. The smallest absolute Gasteiger partial charge is 0.251 e. The number of nitrogens with one attached hydrogen (secondary N) is 2. The van der Waals surface area contributed by atoms with Gasteiger partial charge in [-0.3, -0.25) is 9.59 Å². The lowest BCUT2D eigenvalue weighted by Crippen LogP contribution is -2.30. The van der Waals surface area contributed by atoms with E-state index in [-0.39, 0.29) is 18.2 Å². The predicted molar refractivity (Wildman–Crippen MR) is 98.9 cm³/mol. The summed E-state index contributed by atoms with van der Waals surface area (Å²) in [5.74, 6) is -0.254. The fraction of sp³-hybridized carbons (Fsp3) is 0.263. The molecule has 2 aromatic carbocycles. The first-order valence-electron chi connectivity index (χ1n) is 7.82. The van der Waals surface area contributed by atoms with Crippen LogP contribution in [0.3, 0.4) is 0 Å². The molecule has 0 aromatic heterocycles. The number of halogens is 1. The third kappa shape index (κ3) is 5.49. The van der Waals surface area contributed by atoms with Crippen molar-refractivity contribution in [3.63, 3.8) is 0 Å². The molecule has 0 aliphatic carbocycles. The summed E-state index contributed by atoms with van der Waals surface area (Å²) in [5, 5.41) is 5.64. The average Bonchev–Trinajstić information content (AvgIpc) is 2.54. The zero-order valence-corrected chi connectivity index (χ0v) is 15.4. The van der Waals surface area contributed by atoms with Gasteiger partial charge >= 0.3 is 0 Å². The molecule has 0 radical (unpaired) electrons. The Kier molecular flexibility index (Phi) is 6.55. The fourth-order valence-electron chi connectivity index (χ4n) is 2.32. The quantitative estimate of drug-likeness (QED) is 0.795. The standard InChI is InChI=1S/C19H21BrN2O2/c1-13-3-4-16(14(2)11-13)12-22-18(23)9-10-21-19(24)15-5-7-17(20)8-6-15/h3-8,11H,9-10,12H2,1-2H3,(H,21,24)(H,22,23). The molecular formula is C19H21BrN2O2. The van der Waals surface area contributed by atoms with Gasteiger partial charge in [0.1, 0.15) is 0 Å². The fourth-order valence-corrected chi connectivity index (χ4v) is 2.58. The molecule has 2 amide bonds. The summed E-state index contributed by atoms with van der Waals surface area (Å²) in [6.07, 6.45) is 0.257. The van der Waals surface area contributed by atoms with Crippen molar-refractivity contribution in [2.24, 2.45) is 0 Å². The molecule has 0 spiro atoms. The highest BCUT2D eigenvalue weighted by atomic mass is 79.9. The number of hydrogen-bond donors (Lipinski definition) is 2. The molecule has 0 aliphatic heterocycles. The first kappa shape index (κ1) is 18.2. The highest BCUT2D eigenvalue weighted by molar-refractivity contribution is 9.10. The van der Waals surface area contributed by atoms with Crippen LogP contribution in [0.5, 0.6) is 0 Å². The summed E-state index contributed by atoms with van der Waals surface area (Å²) >= 11 is 3.33. The number of carbonyl (C=O) groups is 2. The van der Waals surface area contributed by atoms with Gasteiger partial charge in [0.25, 0.3) is 5.91 Å². The maximum Gasteiger partial charge on any atom is 0.251 e. The van der Waals surface area contributed by atoms with Crippen LogP contribution in [-0.4, -0.2) is 18.4 Å². The van der Waals surface area contributed by atoms with Crippen molar-refractivity contribution < 1.29 is 9.59 Å². The van der Waals surface area contributed by atoms with Crippen molar-refractivity contribution in [2.75, 3.05) is 6.54 Å². The monoisotopic (exact) mass is 388 g/mol. The summed E-state index contributed by atoms with van der Waals surface area (Å²) in [6.45, 7) is 4.90. The Bertz CT molecular complexity index is 727. The van der Waals surface area contributed by atoms with Gasteiger partial charge in [-0.15, -0.1) is 0 Å². The maximum absolute atomic E-state index is 11.9. The van der Waals surface area contributed by atoms with Gasteiger partial charge < -0.3 is 10.6 Å². The number of benzene rings is 2. The van der Waals surface area contributed by atoms with Gasteiger partial charge in [0, 0.05) is 29.5 Å². The van der Waals surface area contributed by atoms with Gasteiger partial charge in [-0.1, -0.05) is 39.7 Å². The molecule has 0 heterocycles. The molecule has 4 nitrogen and oxygen atoms in total. The number of aryl methyl sites for hydroxylation is 2. The van der Waals surface area contributed by atoms with Gasteiger partial charge in [-0.25, -0.2) is 0 Å². The zero-order chi connectivity index (χ0) is 17.5. The summed E-state index contributed by atoms with van der Waals surface area (Å²) in [4.78, 5) is 23.8. The summed E-state index contributed by atoms with van der Waals surface area (Å²) in [6, 6.07) is 13.3. The molecule has 0 bridgehead atoms. The third-order valence-electron chi connectivity index (χ3n) is 3.72. The van der Waals surface area contributed by atoms with Gasteiger partial charge in [-0.05, 0) is 49.2 Å². The number of rotatable bonds is 6. The van der Waals surface area contributed by atoms with E-state index >= 15 is 0 Å². The zero-order valence-electron chi connectivity index (χ0n) is 13.9. The molecule has 24 heavy (non-hydrogen) atoms. The van der Waals surface area contributed by atoms with Crippen molar-refractivity contribution in [3.05, 3.63) is 69.2 Å². The average molecular weight is 389 g/mol. The van der Waals surface area contributed by atoms with Crippen LogP contribution in [0, 0.1) is 13.8 Å². The first-order chi connectivity index (χ1) is 11.5. The molecule has 0 unspecified atom stereocenters. The Labute approximate surface area is 150 Å². The van der Waals surface area contributed by atoms with Crippen LogP contribution >= 0.6 is 15.9 Å². The lowest BCUT2D eigenvalue weighted by molar-refractivity contribution is -0.121. The van der Waals surface area contributed by atoms with Gasteiger partial charge in [0.05, 0.1) is 0 Å². The Morgan fingerprint density at radius 2 is 1.71 bits per heavy atom. The summed E-state index contributed by atoms with van der Waals surface area (Å²) in [5.41, 5.74) is 4.05. The second kappa shape index (κ2) is 8.64. The van der Waals surface area contributed by atoms with E-state index in [9.17, 15) is 9.59 Å². The Hall–Kier alpha value is -2.14. The van der Waals surface area contributed by atoms with E-state index < -0.39 is 0 Å². The van der Waals surface area contributed by atoms with Crippen molar-refractivity contribution >= 4 is 27.7 Å². The molecule has 0 atom stereocenters. The van der Waals surface area contributed by atoms with Crippen molar-refractivity contribution in [1.29, 1.82) is 0 Å². The third-order valence-corrected chi connectivity index (χ3v) is 4.25. The number of hydrogen-bond acceptors (Lipinski definition) is 2. The van der Waals surface area contributed by atoms with Crippen LogP contribution in [0.4, 0.5) is 0 Å². The SMILES string of the molecule is Cc1ccc(CNC(=O)CCNC(=O)c2ccc(Br)cc2)c(C)c1. The van der Waals surface area contributed by atoms with Crippen LogP contribution in [0.25, 0.3) is 0 Å². The minimum absolute atomic E-state index is 0.0777. The minimum atomic E-state index is -0.176. The van der Waals surface area contributed by atoms with Gasteiger partial charge in [0.15, 0.2) is 0 Å². The Balaban J connectivity index is 1.73. The van der Waals surface area contributed by atoms with Crippen LogP contribution < -0.4 is 10.6 Å². The van der Waals surface area contributed by atoms with E-state index in [1.54, 1.807) is 12.1 Å². The lowest BCUT2D eigenvalue weighted by atomic mass is 10.1. The molecule has 0 saturated heterocycles. The van der Waals surface area contributed by atoms with Crippen LogP contribution in [0.15, 0.2) is 46.9 Å². The van der Waals surface area contributed by atoms with E-state index in [1.165, 1.54) is 11.1 Å². The second-order valence-corrected chi connectivity index (χ2v) is 6.64. The lowest BCUT2D eigenvalue weighted by Gasteiger charge is -2.09. The molecular weight excluding hydrogens is 368 g/mol. The Morgan fingerprint density at radius 3 is 2.38 bits per heavy atom. The van der Waals surface area contributed by atoms with Gasteiger partial charge in [0.2, 0.25) is 5.91 Å². The van der Waals surface area contributed by atoms with E-state index in [2.05, 4.69) is 32.6 Å². The van der Waals surface area contributed by atoms with Crippen LogP contribution in [-0.2, 0) is 11.3 Å². The minimum Gasteiger partial charge on any atom is -0.352 e. The highest BCUT2D eigenvalue weighted by Crippen LogP contribution is 2.11. The summed E-state index contributed by atoms with van der Waals surface area (Å²) < 4.78 is 0.921. The van der Waals surface area contributed by atoms with E-state index in [4.69, 9.17) is 0 Å². The van der Waals surface area contributed by atoms with E-state index in [0.29, 0.717) is 18.7 Å². The summed E-state index contributed by atoms with van der Waals surface area (Å²) in [7, 11) is 0.